The van der Waals surface area contributed by atoms with E-state index in [1.807, 2.05) is 0 Å². The second kappa shape index (κ2) is 2.15. The molecule has 4 heteroatoms. The van der Waals surface area contributed by atoms with E-state index in [1.54, 1.807) is 6.21 Å². The summed E-state index contributed by atoms with van der Waals surface area (Å²) >= 11 is 5.52. The van der Waals surface area contributed by atoms with E-state index in [0.717, 1.165) is 0 Å². The van der Waals surface area contributed by atoms with Crippen LogP contribution in [0.2, 0.25) is 0 Å². The van der Waals surface area contributed by atoms with Crippen LogP contribution in [-0.2, 0) is 0 Å². The Morgan fingerprint density at radius 2 is 2.62 bits per heavy atom. The van der Waals surface area contributed by atoms with Crippen LogP contribution in [0.5, 0.6) is 0 Å². The van der Waals surface area contributed by atoms with Gasteiger partial charge in [-0.1, -0.05) is 11.6 Å². The first-order valence-corrected chi connectivity index (χ1v) is 2.58. The van der Waals surface area contributed by atoms with Gasteiger partial charge in [-0.05, 0) is 0 Å². The third-order valence-corrected chi connectivity index (χ3v) is 1.15. The van der Waals surface area contributed by atoms with Crippen molar-refractivity contribution in [2.75, 3.05) is 6.54 Å². The lowest BCUT2D eigenvalue weighted by Gasteiger charge is -2.15. The van der Waals surface area contributed by atoms with Crippen molar-refractivity contribution in [3.05, 3.63) is 11.4 Å². The van der Waals surface area contributed by atoms with Gasteiger partial charge in [0.05, 0.1) is 12.7 Å². The number of rotatable bonds is 0. The Kier molecular flexibility index (Phi) is 1.50. The van der Waals surface area contributed by atoms with Gasteiger partial charge < -0.3 is 0 Å². The van der Waals surface area contributed by atoms with Crippen LogP contribution in [0, 0.1) is 0 Å². The van der Waals surface area contributed by atoms with Gasteiger partial charge in [0.25, 0.3) is 0 Å². The standard InChI is InChI=1S/C4H6ClN3/c5-4-3-7-1-2-8(4)6/h1,3H,2,6H2. The fourth-order valence-corrected chi connectivity index (χ4v) is 0.536. The monoisotopic (exact) mass is 131 g/mol. The average molecular weight is 132 g/mol. The maximum Gasteiger partial charge on any atom is 0.137 e. The molecule has 0 unspecified atom stereocenters. The second-order valence-electron chi connectivity index (χ2n) is 1.44. The number of hydrazine groups is 1. The Morgan fingerprint density at radius 3 is 3.00 bits per heavy atom. The van der Waals surface area contributed by atoms with E-state index in [1.165, 1.54) is 11.2 Å². The highest BCUT2D eigenvalue weighted by Gasteiger charge is 2.01. The van der Waals surface area contributed by atoms with E-state index in [9.17, 15) is 0 Å². The van der Waals surface area contributed by atoms with Gasteiger partial charge in [-0.25, -0.2) is 5.84 Å². The molecule has 1 aliphatic heterocycles. The first-order valence-electron chi connectivity index (χ1n) is 2.20. The second-order valence-corrected chi connectivity index (χ2v) is 1.82. The van der Waals surface area contributed by atoms with Crippen molar-refractivity contribution in [2.24, 2.45) is 10.8 Å². The van der Waals surface area contributed by atoms with Gasteiger partial charge in [0.15, 0.2) is 0 Å². The molecular formula is C4H6ClN3. The molecule has 1 rings (SSSR count). The van der Waals surface area contributed by atoms with Crippen molar-refractivity contribution >= 4 is 17.8 Å². The predicted octanol–water partition coefficient (Wildman–Crippen LogP) is 0.284. The number of hydrogen-bond acceptors (Lipinski definition) is 3. The molecule has 2 N–H and O–H groups in total. The highest BCUT2D eigenvalue weighted by molar-refractivity contribution is 6.29. The lowest BCUT2D eigenvalue weighted by atomic mass is 10.6. The Hall–Kier alpha value is -0.540. The minimum Gasteiger partial charge on any atom is -0.294 e. The summed E-state index contributed by atoms with van der Waals surface area (Å²) in [5.74, 6) is 5.32. The van der Waals surface area contributed by atoms with Gasteiger partial charge in [-0.15, -0.1) is 0 Å². The summed E-state index contributed by atoms with van der Waals surface area (Å²) < 4.78 is 0. The topological polar surface area (TPSA) is 41.6 Å². The molecule has 1 heterocycles. The SMILES string of the molecule is NN1CC=NC=C1Cl. The smallest absolute Gasteiger partial charge is 0.137 e. The van der Waals surface area contributed by atoms with Gasteiger partial charge >= 0.3 is 0 Å². The fraction of sp³-hybridized carbons (Fsp3) is 0.250. The molecule has 0 saturated carbocycles. The number of hydrogen-bond donors (Lipinski definition) is 1. The molecule has 0 amide bonds. The minimum absolute atomic E-state index is 0.479. The molecule has 0 spiro atoms. The summed E-state index contributed by atoms with van der Waals surface area (Å²) in [7, 11) is 0. The van der Waals surface area contributed by atoms with E-state index >= 15 is 0 Å². The van der Waals surface area contributed by atoms with E-state index < -0.39 is 0 Å². The zero-order valence-electron chi connectivity index (χ0n) is 4.21. The van der Waals surface area contributed by atoms with Crippen molar-refractivity contribution in [2.45, 2.75) is 0 Å². The maximum atomic E-state index is 5.52. The molecule has 0 aromatic rings. The highest BCUT2D eigenvalue weighted by atomic mass is 35.5. The van der Waals surface area contributed by atoms with Crippen LogP contribution in [0.3, 0.4) is 0 Å². The molecule has 0 atom stereocenters. The minimum atomic E-state index is 0.479. The molecule has 44 valence electrons. The zero-order valence-corrected chi connectivity index (χ0v) is 4.97. The van der Waals surface area contributed by atoms with E-state index in [4.69, 9.17) is 17.4 Å². The lowest BCUT2D eigenvalue weighted by molar-refractivity contribution is 0.435. The largest absolute Gasteiger partial charge is 0.294 e. The van der Waals surface area contributed by atoms with E-state index in [-0.39, 0.29) is 0 Å². The maximum absolute atomic E-state index is 5.52. The van der Waals surface area contributed by atoms with Crippen LogP contribution in [0.15, 0.2) is 16.3 Å². The molecule has 0 fully saturated rings. The highest BCUT2D eigenvalue weighted by Crippen LogP contribution is 2.05. The van der Waals surface area contributed by atoms with Crippen LogP contribution in [0.4, 0.5) is 0 Å². The number of nitrogens with two attached hydrogens (primary N) is 1. The molecule has 3 nitrogen and oxygen atoms in total. The number of halogens is 1. The van der Waals surface area contributed by atoms with Crippen LogP contribution < -0.4 is 5.84 Å². The molecule has 0 aromatic heterocycles. The van der Waals surface area contributed by atoms with Gasteiger partial charge in [0, 0.05) is 6.21 Å². The Balaban J connectivity index is 2.66. The van der Waals surface area contributed by atoms with Gasteiger partial charge in [0.1, 0.15) is 5.16 Å². The molecule has 0 bridgehead atoms. The quantitative estimate of drug-likeness (QED) is 0.379. The average Bonchev–Trinajstić information content (AvgIpc) is 1.77. The summed E-state index contributed by atoms with van der Waals surface area (Å²) in [6.07, 6.45) is 3.19. The van der Waals surface area contributed by atoms with E-state index in [2.05, 4.69) is 4.99 Å². The molecular weight excluding hydrogens is 126 g/mol. The fourth-order valence-electron chi connectivity index (χ4n) is 0.411. The third-order valence-electron chi connectivity index (χ3n) is 0.839. The zero-order chi connectivity index (χ0) is 5.98. The molecule has 0 saturated heterocycles. The lowest BCUT2D eigenvalue weighted by Crippen LogP contribution is -2.31. The van der Waals surface area contributed by atoms with Crippen molar-refractivity contribution in [3.8, 4) is 0 Å². The summed E-state index contributed by atoms with van der Waals surface area (Å²) in [5.41, 5.74) is 0. The molecule has 0 aromatic carbocycles. The Bertz CT molecular complexity index is 140. The summed E-state index contributed by atoms with van der Waals surface area (Å²) in [4.78, 5) is 3.77. The van der Waals surface area contributed by atoms with Crippen LogP contribution in [0.1, 0.15) is 0 Å². The van der Waals surface area contributed by atoms with Crippen LogP contribution >= 0.6 is 11.6 Å². The number of nitrogens with zero attached hydrogens (tertiary/aromatic N) is 2. The number of aliphatic imine (C=N–C) groups is 1. The summed E-state index contributed by atoms with van der Waals surface area (Å²) in [5, 5.41) is 1.89. The Labute approximate surface area is 52.4 Å². The first-order chi connectivity index (χ1) is 3.80. The Morgan fingerprint density at radius 1 is 1.88 bits per heavy atom. The van der Waals surface area contributed by atoms with Gasteiger partial charge in [0.2, 0.25) is 0 Å². The van der Waals surface area contributed by atoms with Crippen LogP contribution in [-0.4, -0.2) is 17.8 Å². The molecule has 0 aliphatic carbocycles. The molecule has 1 aliphatic rings. The van der Waals surface area contributed by atoms with Crippen molar-refractivity contribution in [1.29, 1.82) is 0 Å². The first kappa shape index (κ1) is 5.59. The van der Waals surface area contributed by atoms with Crippen molar-refractivity contribution < 1.29 is 0 Å². The van der Waals surface area contributed by atoms with Crippen LogP contribution in [0.25, 0.3) is 0 Å². The predicted molar refractivity (Wildman–Crippen MR) is 33.3 cm³/mol. The van der Waals surface area contributed by atoms with Crippen molar-refractivity contribution in [3.63, 3.8) is 0 Å². The summed E-state index contributed by atoms with van der Waals surface area (Å²) in [6.45, 7) is 0.593. The summed E-state index contributed by atoms with van der Waals surface area (Å²) in [6, 6.07) is 0. The molecule has 0 radical (unpaired) electrons. The van der Waals surface area contributed by atoms with Gasteiger partial charge in [-0.3, -0.25) is 10.0 Å². The normalized spacial score (nSPS) is 18.8. The molecule has 8 heavy (non-hydrogen) atoms. The third kappa shape index (κ3) is 0.993. The van der Waals surface area contributed by atoms with Crippen molar-refractivity contribution in [1.82, 2.24) is 5.01 Å². The van der Waals surface area contributed by atoms with Gasteiger partial charge in [-0.2, -0.15) is 0 Å². The van der Waals surface area contributed by atoms with E-state index in [0.29, 0.717) is 11.7 Å².